The van der Waals surface area contributed by atoms with Crippen molar-refractivity contribution < 1.29 is 0 Å². The van der Waals surface area contributed by atoms with Crippen LogP contribution in [0.3, 0.4) is 0 Å². The first-order valence-electron chi connectivity index (χ1n) is 17.1. The zero-order valence-corrected chi connectivity index (χ0v) is 28.3. The fourth-order valence-corrected chi connectivity index (χ4v) is 8.45. The largest absolute Gasteiger partial charge is 0.208 e. The Kier molecular flexibility index (Phi) is 7.00. The Hall–Kier alpha value is -6.49. The number of benzene rings is 8. The summed E-state index contributed by atoms with van der Waals surface area (Å²) in [5, 5.41) is 7.14. The first kappa shape index (κ1) is 29.4. The molecule has 0 radical (unpaired) electrons. The standard InChI is InChI=1S/C47H29N3S/c1-2-11-30(12-3-1)35-15-8-16-36(29-35)31-23-27-34(28-24-31)45-48-46(40-20-9-14-33-26-25-32-13-4-5-17-37(32)43(33)40)50-47(49-45)41-21-10-19-39-38-18-6-7-22-42(38)51-44(39)41/h1-29H. The highest BCUT2D eigenvalue weighted by atomic mass is 32.1. The molecule has 0 fully saturated rings. The lowest BCUT2D eigenvalue weighted by Crippen LogP contribution is -2.01. The minimum atomic E-state index is 0.648. The predicted octanol–water partition coefficient (Wildman–Crippen LogP) is 12.9. The molecule has 10 aromatic rings. The van der Waals surface area contributed by atoms with E-state index in [1.54, 1.807) is 11.3 Å². The van der Waals surface area contributed by atoms with Crippen molar-refractivity contribution in [3.8, 4) is 56.4 Å². The molecule has 51 heavy (non-hydrogen) atoms. The van der Waals surface area contributed by atoms with Crippen LogP contribution in [0.25, 0.3) is 98.1 Å². The summed E-state index contributed by atoms with van der Waals surface area (Å²) < 4.78 is 2.43. The van der Waals surface area contributed by atoms with Crippen LogP contribution in [-0.2, 0) is 0 Å². The van der Waals surface area contributed by atoms with E-state index in [4.69, 9.17) is 15.0 Å². The fourth-order valence-electron chi connectivity index (χ4n) is 7.24. The van der Waals surface area contributed by atoms with E-state index in [9.17, 15) is 0 Å². The maximum absolute atomic E-state index is 5.26. The van der Waals surface area contributed by atoms with E-state index in [-0.39, 0.29) is 0 Å². The van der Waals surface area contributed by atoms with Gasteiger partial charge in [0.2, 0.25) is 0 Å². The summed E-state index contributed by atoms with van der Waals surface area (Å²) in [4.78, 5) is 15.7. The normalized spacial score (nSPS) is 11.5. The monoisotopic (exact) mass is 667 g/mol. The second kappa shape index (κ2) is 12.1. The Morgan fingerprint density at radius 3 is 1.73 bits per heavy atom. The Balaban J connectivity index is 1.16. The van der Waals surface area contributed by atoms with Crippen molar-refractivity contribution in [3.05, 3.63) is 176 Å². The molecular formula is C47H29N3S. The fraction of sp³-hybridized carbons (Fsp3) is 0. The predicted molar refractivity (Wildman–Crippen MR) is 215 cm³/mol. The summed E-state index contributed by atoms with van der Waals surface area (Å²) in [6.45, 7) is 0. The van der Waals surface area contributed by atoms with Crippen molar-refractivity contribution in [2.45, 2.75) is 0 Å². The maximum atomic E-state index is 5.26. The van der Waals surface area contributed by atoms with Gasteiger partial charge in [-0.1, -0.05) is 158 Å². The van der Waals surface area contributed by atoms with Gasteiger partial charge in [0.15, 0.2) is 17.5 Å². The van der Waals surface area contributed by atoms with Gasteiger partial charge in [-0.3, -0.25) is 0 Å². The molecule has 8 aromatic carbocycles. The highest BCUT2D eigenvalue weighted by Crippen LogP contribution is 2.40. The lowest BCUT2D eigenvalue weighted by Gasteiger charge is -2.13. The molecule has 3 nitrogen and oxygen atoms in total. The van der Waals surface area contributed by atoms with Crippen molar-refractivity contribution in [2.75, 3.05) is 0 Å². The van der Waals surface area contributed by atoms with Crippen molar-refractivity contribution >= 4 is 53.1 Å². The average Bonchev–Trinajstić information content (AvgIpc) is 3.60. The molecule has 0 atom stereocenters. The van der Waals surface area contributed by atoms with Crippen LogP contribution >= 0.6 is 11.3 Å². The lowest BCUT2D eigenvalue weighted by atomic mass is 9.97. The van der Waals surface area contributed by atoms with E-state index in [1.165, 1.54) is 47.6 Å². The van der Waals surface area contributed by atoms with E-state index in [1.807, 2.05) is 0 Å². The van der Waals surface area contributed by atoms with Gasteiger partial charge in [-0.25, -0.2) is 15.0 Å². The van der Waals surface area contributed by atoms with Gasteiger partial charge in [-0.05, 0) is 56.6 Å². The van der Waals surface area contributed by atoms with E-state index in [0.29, 0.717) is 17.5 Å². The minimum Gasteiger partial charge on any atom is -0.208 e. The Bertz CT molecular complexity index is 2910. The molecule has 2 aromatic heterocycles. The lowest BCUT2D eigenvalue weighted by molar-refractivity contribution is 1.08. The first-order chi connectivity index (χ1) is 25.3. The molecule has 0 aliphatic carbocycles. The van der Waals surface area contributed by atoms with Crippen LogP contribution < -0.4 is 0 Å². The van der Waals surface area contributed by atoms with Crippen LogP contribution in [0.5, 0.6) is 0 Å². The van der Waals surface area contributed by atoms with E-state index < -0.39 is 0 Å². The SMILES string of the molecule is c1ccc(-c2cccc(-c3ccc(-c4nc(-c5cccc6c5sc5ccccc56)nc(-c5cccc6ccc7ccccc7c56)n4)cc3)c2)cc1. The van der Waals surface area contributed by atoms with Crippen LogP contribution in [0.2, 0.25) is 0 Å². The van der Waals surface area contributed by atoms with Crippen molar-refractivity contribution in [3.63, 3.8) is 0 Å². The molecule has 0 unspecified atom stereocenters. The van der Waals surface area contributed by atoms with Gasteiger partial charge >= 0.3 is 0 Å². The van der Waals surface area contributed by atoms with Gasteiger partial charge in [0.25, 0.3) is 0 Å². The zero-order valence-electron chi connectivity index (χ0n) is 27.5. The smallest absolute Gasteiger partial charge is 0.165 e. The first-order valence-corrected chi connectivity index (χ1v) is 17.9. The number of nitrogens with zero attached hydrogens (tertiary/aromatic N) is 3. The number of aromatic nitrogens is 3. The maximum Gasteiger partial charge on any atom is 0.165 e. The van der Waals surface area contributed by atoms with Crippen molar-refractivity contribution in [1.82, 2.24) is 15.0 Å². The summed E-state index contributed by atoms with van der Waals surface area (Å²) in [5.41, 5.74) is 7.65. The highest BCUT2D eigenvalue weighted by Gasteiger charge is 2.18. The van der Waals surface area contributed by atoms with Gasteiger partial charge in [0.1, 0.15) is 0 Å². The molecule has 238 valence electrons. The summed E-state index contributed by atoms with van der Waals surface area (Å²) in [6.07, 6.45) is 0. The minimum absolute atomic E-state index is 0.648. The average molecular weight is 668 g/mol. The Labute approximate surface area is 299 Å². The summed E-state index contributed by atoms with van der Waals surface area (Å²) in [6, 6.07) is 62.2. The molecule has 4 heteroatoms. The molecule has 0 saturated heterocycles. The molecule has 0 aliphatic heterocycles. The van der Waals surface area contributed by atoms with Crippen LogP contribution in [0, 0.1) is 0 Å². The molecule has 0 aliphatic rings. The zero-order chi connectivity index (χ0) is 33.7. The number of thiophene rings is 1. The van der Waals surface area contributed by atoms with Gasteiger partial charge in [0, 0.05) is 42.2 Å². The second-order valence-electron chi connectivity index (χ2n) is 12.8. The second-order valence-corrected chi connectivity index (χ2v) is 13.9. The van der Waals surface area contributed by atoms with Gasteiger partial charge in [0.05, 0.1) is 0 Å². The summed E-state index contributed by atoms with van der Waals surface area (Å²) in [5.74, 6) is 1.98. The van der Waals surface area contributed by atoms with Crippen LogP contribution in [0.1, 0.15) is 0 Å². The Morgan fingerprint density at radius 2 is 0.882 bits per heavy atom. The molecular weight excluding hydrogens is 639 g/mol. The van der Waals surface area contributed by atoms with E-state index in [2.05, 4.69) is 176 Å². The van der Waals surface area contributed by atoms with E-state index >= 15 is 0 Å². The third kappa shape index (κ3) is 5.16. The van der Waals surface area contributed by atoms with Gasteiger partial charge in [-0.15, -0.1) is 11.3 Å². The molecule has 10 rings (SSSR count). The quantitative estimate of drug-likeness (QED) is 0.171. The molecule has 2 heterocycles. The van der Waals surface area contributed by atoms with Gasteiger partial charge < -0.3 is 0 Å². The Morgan fingerprint density at radius 1 is 0.333 bits per heavy atom. The van der Waals surface area contributed by atoms with Crippen LogP contribution in [0.4, 0.5) is 0 Å². The number of rotatable bonds is 5. The third-order valence-corrected chi connectivity index (χ3v) is 11.0. The number of hydrogen-bond acceptors (Lipinski definition) is 4. The van der Waals surface area contributed by atoms with Crippen LogP contribution in [0.15, 0.2) is 176 Å². The molecule has 0 saturated carbocycles. The molecule has 0 bridgehead atoms. The molecule has 0 spiro atoms. The summed E-state index contributed by atoms with van der Waals surface area (Å²) >= 11 is 1.79. The third-order valence-electron chi connectivity index (χ3n) is 9.74. The number of fused-ring (bicyclic) bond motifs is 6. The van der Waals surface area contributed by atoms with Crippen LogP contribution in [-0.4, -0.2) is 15.0 Å². The topological polar surface area (TPSA) is 38.7 Å². The number of hydrogen-bond donors (Lipinski definition) is 0. The molecule has 0 amide bonds. The van der Waals surface area contributed by atoms with Crippen molar-refractivity contribution in [1.29, 1.82) is 0 Å². The highest BCUT2D eigenvalue weighted by molar-refractivity contribution is 7.26. The van der Waals surface area contributed by atoms with Crippen molar-refractivity contribution in [2.24, 2.45) is 0 Å². The molecule has 0 N–H and O–H groups in total. The van der Waals surface area contributed by atoms with Gasteiger partial charge in [-0.2, -0.15) is 0 Å². The van der Waals surface area contributed by atoms with E-state index in [0.717, 1.165) is 33.0 Å². The summed E-state index contributed by atoms with van der Waals surface area (Å²) in [7, 11) is 0.